The summed E-state index contributed by atoms with van der Waals surface area (Å²) in [5.74, 6) is 1.05. The van der Waals surface area contributed by atoms with Crippen molar-refractivity contribution in [3.63, 3.8) is 0 Å². The molecule has 0 spiro atoms. The Labute approximate surface area is 110 Å². The lowest BCUT2D eigenvalue weighted by molar-refractivity contribution is -0.124. The van der Waals surface area contributed by atoms with Crippen LogP contribution in [0, 0.1) is 5.92 Å². The van der Waals surface area contributed by atoms with Gasteiger partial charge >= 0.3 is 0 Å². The van der Waals surface area contributed by atoms with Gasteiger partial charge in [0.25, 0.3) is 0 Å². The van der Waals surface area contributed by atoms with E-state index in [-0.39, 0.29) is 17.9 Å². The van der Waals surface area contributed by atoms with Crippen molar-refractivity contribution in [1.29, 1.82) is 0 Å². The average molecular weight is 249 g/mol. The maximum Gasteiger partial charge on any atom is 0.223 e. The van der Waals surface area contributed by atoms with E-state index in [2.05, 4.69) is 5.32 Å². The van der Waals surface area contributed by atoms with Crippen molar-refractivity contribution >= 4 is 5.91 Å². The number of rotatable bonds is 6. The highest BCUT2D eigenvalue weighted by Gasteiger charge is 2.09. The lowest BCUT2D eigenvalue weighted by Crippen LogP contribution is -2.28. The van der Waals surface area contributed by atoms with Crippen LogP contribution in [0.15, 0.2) is 24.3 Å². The Bertz CT molecular complexity index is 371. The molecule has 0 heterocycles. The Hall–Kier alpha value is -1.51. The van der Waals surface area contributed by atoms with Crippen LogP contribution in [0.3, 0.4) is 0 Å². The number of benzene rings is 1. The summed E-state index contributed by atoms with van der Waals surface area (Å²) in [5, 5.41) is 2.93. The lowest BCUT2D eigenvalue weighted by Gasteiger charge is -2.12. The molecule has 0 aliphatic heterocycles. The summed E-state index contributed by atoms with van der Waals surface area (Å²) in [4.78, 5) is 11.6. The first-order chi connectivity index (χ1) is 8.52. The largest absolute Gasteiger partial charge is 0.491 e. The van der Waals surface area contributed by atoms with Crippen molar-refractivity contribution in [3.8, 4) is 5.75 Å². The van der Waals surface area contributed by atoms with E-state index in [1.165, 1.54) is 0 Å². The molecule has 1 unspecified atom stereocenters. The van der Waals surface area contributed by atoms with Gasteiger partial charge in [-0.25, -0.2) is 0 Å². The Morgan fingerprint density at radius 1 is 1.22 bits per heavy atom. The minimum absolute atomic E-state index is 0.0774. The summed E-state index contributed by atoms with van der Waals surface area (Å²) in [7, 11) is 0. The van der Waals surface area contributed by atoms with Crippen molar-refractivity contribution < 1.29 is 9.53 Å². The third-order valence-electron chi connectivity index (χ3n) is 2.82. The van der Waals surface area contributed by atoms with Crippen LogP contribution in [0.2, 0.25) is 0 Å². The molecular formula is C15H23NO2. The molecule has 1 amide bonds. The van der Waals surface area contributed by atoms with Gasteiger partial charge in [0.1, 0.15) is 5.75 Å². The second-order valence-corrected chi connectivity index (χ2v) is 4.84. The number of amides is 1. The van der Waals surface area contributed by atoms with Gasteiger partial charge in [0.2, 0.25) is 5.91 Å². The summed E-state index contributed by atoms with van der Waals surface area (Å²) in [6.45, 7) is 8.53. The molecule has 1 atom stereocenters. The quantitative estimate of drug-likeness (QED) is 0.841. The highest BCUT2D eigenvalue weighted by molar-refractivity contribution is 5.78. The van der Waals surface area contributed by atoms with Crippen molar-refractivity contribution in [2.75, 3.05) is 0 Å². The van der Waals surface area contributed by atoms with Crippen molar-refractivity contribution in [2.24, 2.45) is 5.92 Å². The van der Waals surface area contributed by atoms with Crippen molar-refractivity contribution in [2.45, 2.75) is 46.8 Å². The third-order valence-corrected chi connectivity index (χ3v) is 2.82. The number of hydrogen-bond acceptors (Lipinski definition) is 2. The van der Waals surface area contributed by atoms with Gasteiger partial charge in [0, 0.05) is 12.5 Å². The molecule has 3 heteroatoms. The number of carbonyl (C=O) groups excluding carboxylic acids is 1. The number of hydrogen-bond donors (Lipinski definition) is 1. The van der Waals surface area contributed by atoms with Gasteiger partial charge in [0.15, 0.2) is 0 Å². The van der Waals surface area contributed by atoms with Crippen molar-refractivity contribution in [1.82, 2.24) is 5.32 Å². The van der Waals surface area contributed by atoms with Gasteiger partial charge in [-0.15, -0.1) is 0 Å². The van der Waals surface area contributed by atoms with Crippen LogP contribution < -0.4 is 10.1 Å². The van der Waals surface area contributed by atoms with Gasteiger partial charge in [-0.2, -0.15) is 0 Å². The molecule has 3 nitrogen and oxygen atoms in total. The third kappa shape index (κ3) is 4.78. The molecule has 0 saturated heterocycles. The molecular weight excluding hydrogens is 226 g/mol. The minimum atomic E-state index is 0.0774. The number of ether oxygens (including phenoxy) is 1. The molecule has 100 valence electrons. The van der Waals surface area contributed by atoms with Crippen LogP contribution in [0.1, 0.15) is 39.7 Å². The van der Waals surface area contributed by atoms with Gasteiger partial charge in [-0.05, 0) is 38.0 Å². The van der Waals surface area contributed by atoms with Gasteiger partial charge < -0.3 is 10.1 Å². The second-order valence-electron chi connectivity index (χ2n) is 4.84. The van der Waals surface area contributed by atoms with Crippen LogP contribution in [-0.4, -0.2) is 12.0 Å². The Morgan fingerprint density at radius 2 is 1.83 bits per heavy atom. The van der Waals surface area contributed by atoms with E-state index in [1.807, 2.05) is 52.0 Å². The first kappa shape index (κ1) is 14.6. The summed E-state index contributed by atoms with van der Waals surface area (Å²) in [5.41, 5.74) is 1.09. The van der Waals surface area contributed by atoms with Crippen LogP contribution in [-0.2, 0) is 11.3 Å². The fraction of sp³-hybridized carbons (Fsp3) is 0.533. The number of nitrogens with one attached hydrogen (secondary N) is 1. The summed E-state index contributed by atoms with van der Waals surface area (Å²) >= 11 is 0. The monoisotopic (exact) mass is 249 g/mol. The molecule has 18 heavy (non-hydrogen) atoms. The predicted molar refractivity (Wildman–Crippen MR) is 73.5 cm³/mol. The zero-order chi connectivity index (χ0) is 13.5. The molecule has 0 aliphatic rings. The smallest absolute Gasteiger partial charge is 0.223 e. The first-order valence-corrected chi connectivity index (χ1v) is 6.56. The molecule has 1 aromatic carbocycles. The Balaban J connectivity index is 2.46. The topological polar surface area (TPSA) is 38.3 Å². The van der Waals surface area contributed by atoms with E-state index in [0.717, 1.165) is 17.7 Å². The van der Waals surface area contributed by atoms with Crippen LogP contribution in [0.4, 0.5) is 0 Å². The van der Waals surface area contributed by atoms with E-state index < -0.39 is 0 Å². The van der Waals surface area contributed by atoms with Gasteiger partial charge in [0.05, 0.1) is 6.10 Å². The average Bonchev–Trinajstić information content (AvgIpc) is 2.36. The zero-order valence-electron chi connectivity index (χ0n) is 11.7. The Kier molecular flexibility index (Phi) is 5.69. The second kappa shape index (κ2) is 7.04. The molecule has 0 aromatic heterocycles. The summed E-state index contributed by atoms with van der Waals surface area (Å²) < 4.78 is 5.56. The molecule has 0 fully saturated rings. The molecule has 1 rings (SSSR count). The van der Waals surface area contributed by atoms with Crippen molar-refractivity contribution in [3.05, 3.63) is 29.8 Å². The standard InChI is InChI=1S/C15H23NO2/c1-5-12(4)15(17)16-10-13-6-8-14(9-7-13)18-11(2)3/h6-9,11-12H,5,10H2,1-4H3,(H,16,17). The summed E-state index contributed by atoms with van der Waals surface area (Å²) in [6.07, 6.45) is 1.05. The molecule has 1 aromatic rings. The van der Waals surface area contributed by atoms with E-state index in [1.54, 1.807) is 0 Å². The van der Waals surface area contributed by atoms with E-state index in [0.29, 0.717) is 6.54 Å². The predicted octanol–water partition coefficient (Wildman–Crippen LogP) is 3.14. The maximum atomic E-state index is 11.6. The SMILES string of the molecule is CCC(C)C(=O)NCc1ccc(OC(C)C)cc1. The fourth-order valence-electron chi connectivity index (χ4n) is 1.51. The highest BCUT2D eigenvalue weighted by Crippen LogP contribution is 2.13. The molecule has 0 bridgehead atoms. The van der Waals surface area contributed by atoms with Crippen LogP contribution in [0.5, 0.6) is 5.75 Å². The normalized spacial score (nSPS) is 12.3. The van der Waals surface area contributed by atoms with E-state index in [9.17, 15) is 4.79 Å². The van der Waals surface area contributed by atoms with E-state index >= 15 is 0 Å². The molecule has 0 saturated carbocycles. The summed E-state index contributed by atoms with van der Waals surface area (Å²) in [6, 6.07) is 7.83. The fourth-order valence-corrected chi connectivity index (χ4v) is 1.51. The zero-order valence-corrected chi connectivity index (χ0v) is 11.7. The molecule has 1 N–H and O–H groups in total. The highest BCUT2D eigenvalue weighted by atomic mass is 16.5. The van der Waals surface area contributed by atoms with Gasteiger partial charge in [-0.3, -0.25) is 4.79 Å². The Morgan fingerprint density at radius 3 is 2.33 bits per heavy atom. The maximum absolute atomic E-state index is 11.6. The van der Waals surface area contributed by atoms with E-state index in [4.69, 9.17) is 4.74 Å². The lowest BCUT2D eigenvalue weighted by atomic mass is 10.1. The molecule has 0 aliphatic carbocycles. The minimum Gasteiger partial charge on any atom is -0.491 e. The van der Waals surface area contributed by atoms with Crippen LogP contribution in [0.25, 0.3) is 0 Å². The van der Waals surface area contributed by atoms with Gasteiger partial charge in [-0.1, -0.05) is 26.0 Å². The molecule has 0 radical (unpaired) electrons. The van der Waals surface area contributed by atoms with Crippen LogP contribution >= 0.6 is 0 Å². The number of carbonyl (C=O) groups is 1. The first-order valence-electron chi connectivity index (χ1n) is 6.56.